The third-order valence-corrected chi connectivity index (χ3v) is 1.35. The van der Waals surface area contributed by atoms with Crippen LogP contribution in [0, 0.1) is 0 Å². The van der Waals surface area contributed by atoms with E-state index in [0.29, 0.717) is 13.0 Å². The van der Waals surface area contributed by atoms with Gasteiger partial charge in [-0.3, -0.25) is 4.79 Å². The van der Waals surface area contributed by atoms with Crippen molar-refractivity contribution < 1.29 is 14.7 Å². The molecule has 0 aliphatic heterocycles. The lowest BCUT2D eigenvalue weighted by molar-refractivity contribution is -0.131. The normalized spacial score (nSPS) is 11.4. The minimum absolute atomic E-state index is 0.0567. The highest BCUT2D eigenvalue weighted by molar-refractivity contribution is 5.79. The SMILES string of the molecule is CC(C)(C)NC(=O)CCN/C=C/C(=O)O. The summed E-state index contributed by atoms with van der Waals surface area (Å²) >= 11 is 0. The summed E-state index contributed by atoms with van der Waals surface area (Å²) < 4.78 is 0. The molecule has 0 saturated heterocycles. The first-order valence-electron chi connectivity index (χ1n) is 4.75. The molecule has 0 atom stereocenters. The molecule has 0 rings (SSSR count). The zero-order valence-electron chi connectivity index (χ0n) is 9.33. The molecule has 0 aliphatic carbocycles. The fourth-order valence-electron chi connectivity index (χ4n) is 0.880. The number of hydrogen-bond donors (Lipinski definition) is 3. The molecule has 0 spiro atoms. The Morgan fingerprint density at radius 2 is 1.93 bits per heavy atom. The summed E-state index contributed by atoms with van der Waals surface area (Å²) in [5.74, 6) is -1.07. The van der Waals surface area contributed by atoms with Gasteiger partial charge >= 0.3 is 5.97 Å². The maximum Gasteiger partial charge on any atom is 0.329 e. The zero-order valence-corrected chi connectivity index (χ0v) is 9.33. The number of carboxylic acids is 1. The van der Waals surface area contributed by atoms with Crippen LogP contribution in [0.2, 0.25) is 0 Å². The van der Waals surface area contributed by atoms with Gasteiger partial charge in [0.25, 0.3) is 0 Å². The van der Waals surface area contributed by atoms with Gasteiger partial charge < -0.3 is 15.7 Å². The van der Waals surface area contributed by atoms with E-state index in [2.05, 4.69) is 10.6 Å². The van der Waals surface area contributed by atoms with Crippen LogP contribution < -0.4 is 10.6 Å². The van der Waals surface area contributed by atoms with Gasteiger partial charge in [0.2, 0.25) is 5.91 Å². The first kappa shape index (κ1) is 13.5. The molecular formula is C10H18N2O3. The van der Waals surface area contributed by atoms with E-state index < -0.39 is 5.97 Å². The lowest BCUT2D eigenvalue weighted by Gasteiger charge is -2.20. The average Bonchev–Trinajstić information content (AvgIpc) is 1.99. The van der Waals surface area contributed by atoms with Crippen molar-refractivity contribution in [2.24, 2.45) is 0 Å². The molecule has 0 fully saturated rings. The lowest BCUT2D eigenvalue weighted by Crippen LogP contribution is -2.41. The molecule has 0 aliphatic rings. The highest BCUT2D eigenvalue weighted by atomic mass is 16.4. The number of nitrogens with one attached hydrogen (secondary N) is 2. The van der Waals surface area contributed by atoms with E-state index in [1.165, 1.54) is 6.20 Å². The van der Waals surface area contributed by atoms with E-state index in [-0.39, 0.29) is 11.4 Å². The minimum atomic E-state index is -1.01. The van der Waals surface area contributed by atoms with Gasteiger partial charge in [0.1, 0.15) is 0 Å². The van der Waals surface area contributed by atoms with Crippen molar-refractivity contribution in [3.05, 3.63) is 12.3 Å². The molecule has 3 N–H and O–H groups in total. The first-order chi connectivity index (χ1) is 6.81. The number of carbonyl (C=O) groups is 2. The molecule has 0 heterocycles. The molecule has 5 heteroatoms. The van der Waals surface area contributed by atoms with Crippen LogP contribution in [0.5, 0.6) is 0 Å². The first-order valence-corrected chi connectivity index (χ1v) is 4.75. The van der Waals surface area contributed by atoms with E-state index in [0.717, 1.165) is 6.08 Å². The van der Waals surface area contributed by atoms with Crippen LogP contribution in [0.3, 0.4) is 0 Å². The summed E-state index contributed by atoms with van der Waals surface area (Å²) in [6, 6.07) is 0. The predicted molar refractivity (Wildman–Crippen MR) is 57.3 cm³/mol. The van der Waals surface area contributed by atoms with Crippen molar-refractivity contribution in [3.8, 4) is 0 Å². The second-order valence-corrected chi connectivity index (χ2v) is 4.17. The predicted octanol–water partition coefficient (Wildman–Crippen LogP) is 0.479. The van der Waals surface area contributed by atoms with Crippen molar-refractivity contribution in [2.75, 3.05) is 6.54 Å². The fraction of sp³-hybridized carbons (Fsp3) is 0.600. The third-order valence-electron chi connectivity index (χ3n) is 1.35. The summed E-state index contributed by atoms with van der Waals surface area (Å²) in [4.78, 5) is 21.3. The van der Waals surface area contributed by atoms with Gasteiger partial charge in [0.05, 0.1) is 0 Å². The minimum Gasteiger partial charge on any atom is -0.478 e. The Kier molecular flexibility index (Phi) is 5.44. The smallest absolute Gasteiger partial charge is 0.329 e. The highest BCUT2D eigenvalue weighted by Gasteiger charge is 2.12. The molecule has 0 radical (unpaired) electrons. The van der Waals surface area contributed by atoms with E-state index in [1.54, 1.807) is 0 Å². The molecule has 0 unspecified atom stereocenters. The van der Waals surface area contributed by atoms with Crippen LogP contribution >= 0.6 is 0 Å². The number of carbonyl (C=O) groups excluding carboxylic acids is 1. The van der Waals surface area contributed by atoms with Crippen LogP contribution in [0.1, 0.15) is 27.2 Å². The van der Waals surface area contributed by atoms with Gasteiger partial charge in [0, 0.05) is 30.8 Å². The Hall–Kier alpha value is -1.52. The number of rotatable bonds is 5. The second kappa shape index (κ2) is 6.06. The molecule has 0 aromatic carbocycles. The van der Waals surface area contributed by atoms with Gasteiger partial charge in [0.15, 0.2) is 0 Å². The van der Waals surface area contributed by atoms with Gasteiger partial charge in [-0.1, -0.05) is 0 Å². The molecule has 0 bridgehead atoms. The number of aliphatic carboxylic acids is 1. The van der Waals surface area contributed by atoms with Crippen LogP contribution in [-0.4, -0.2) is 29.1 Å². The van der Waals surface area contributed by atoms with Gasteiger partial charge in [-0.25, -0.2) is 4.79 Å². The van der Waals surface area contributed by atoms with Crippen molar-refractivity contribution in [2.45, 2.75) is 32.7 Å². The second-order valence-electron chi connectivity index (χ2n) is 4.17. The van der Waals surface area contributed by atoms with Crippen LogP contribution in [0.4, 0.5) is 0 Å². The van der Waals surface area contributed by atoms with Crippen LogP contribution in [0.15, 0.2) is 12.3 Å². The van der Waals surface area contributed by atoms with Crippen LogP contribution in [-0.2, 0) is 9.59 Å². The Morgan fingerprint density at radius 1 is 1.33 bits per heavy atom. The molecule has 0 aromatic rings. The largest absolute Gasteiger partial charge is 0.478 e. The van der Waals surface area contributed by atoms with E-state index in [4.69, 9.17) is 5.11 Å². The number of amides is 1. The molecule has 1 amide bonds. The van der Waals surface area contributed by atoms with E-state index >= 15 is 0 Å². The summed E-state index contributed by atoms with van der Waals surface area (Å²) in [6.07, 6.45) is 2.62. The van der Waals surface area contributed by atoms with Crippen molar-refractivity contribution >= 4 is 11.9 Å². The monoisotopic (exact) mass is 214 g/mol. The van der Waals surface area contributed by atoms with Crippen molar-refractivity contribution in [1.82, 2.24) is 10.6 Å². The third kappa shape index (κ3) is 10.4. The van der Waals surface area contributed by atoms with Crippen LogP contribution in [0.25, 0.3) is 0 Å². The molecule has 86 valence electrons. The van der Waals surface area contributed by atoms with Crippen molar-refractivity contribution in [1.29, 1.82) is 0 Å². The molecular weight excluding hydrogens is 196 g/mol. The molecule has 0 saturated carbocycles. The fourth-order valence-corrected chi connectivity index (χ4v) is 0.880. The molecule has 0 aromatic heterocycles. The number of carboxylic acid groups (broad SMARTS) is 1. The Bertz CT molecular complexity index is 254. The van der Waals surface area contributed by atoms with Gasteiger partial charge in [-0.05, 0) is 20.8 Å². The summed E-state index contributed by atoms with van der Waals surface area (Å²) in [7, 11) is 0. The lowest BCUT2D eigenvalue weighted by atomic mass is 10.1. The molecule has 15 heavy (non-hydrogen) atoms. The zero-order chi connectivity index (χ0) is 11.9. The summed E-state index contributed by atoms with van der Waals surface area (Å²) in [5.41, 5.74) is -0.228. The standard InChI is InChI=1S/C10H18N2O3/c1-10(2,3)12-8(13)4-6-11-7-5-9(14)15/h5,7,11H,4,6H2,1-3H3,(H,12,13)(H,14,15)/b7-5+. The highest BCUT2D eigenvalue weighted by Crippen LogP contribution is 1.98. The molecule has 5 nitrogen and oxygen atoms in total. The van der Waals surface area contributed by atoms with Gasteiger partial charge in [-0.2, -0.15) is 0 Å². The number of hydrogen-bond acceptors (Lipinski definition) is 3. The summed E-state index contributed by atoms with van der Waals surface area (Å²) in [6.45, 7) is 6.14. The van der Waals surface area contributed by atoms with Crippen molar-refractivity contribution in [3.63, 3.8) is 0 Å². The Morgan fingerprint density at radius 3 is 2.40 bits per heavy atom. The van der Waals surface area contributed by atoms with E-state index in [9.17, 15) is 9.59 Å². The Balaban J connectivity index is 3.61. The van der Waals surface area contributed by atoms with Gasteiger partial charge in [-0.15, -0.1) is 0 Å². The average molecular weight is 214 g/mol. The summed E-state index contributed by atoms with van der Waals surface area (Å²) in [5, 5.41) is 13.8. The quantitative estimate of drug-likeness (QED) is 0.459. The van der Waals surface area contributed by atoms with E-state index in [1.807, 2.05) is 20.8 Å². The maximum atomic E-state index is 11.3. The topological polar surface area (TPSA) is 78.4 Å². The maximum absolute atomic E-state index is 11.3. The Labute approximate surface area is 89.6 Å².